The third-order valence-corrected chi connectivity index (χ3v) is 5.75. The molecule has 1 amide bonds. The Labute approximate surface area is 213 Å². The summed E-state index contributed by atoms with van der Waals surface area (Å²) in [6.45, 7) is 8.20. The zero-order valence-electron chi connectivity index (χ0n) is 19.4. The van der Waals surface area contributed by atoms with Gasteiger partial charge in [-0.15, -0.1) is 24.0 Å². The number of halogens is 2. The van der Waals surface area contributed by atoms with Gasteiger partial charge in [0.25, 0.3) is 0 Å². The normalized spacial score (nSPS) is 16.7. The van der Waals surface area contributed by atoms with Gasteiger partial charge in [0, 0.05) is 26.2 Å². The van der Waals surface area contributed by atoms with E-state index >= 15 is 0 Å². The van der Waals surface area contributed by atoms with Crippen LogP contribution in [0.15, 0.2) is 47.5 Å². The van der Waals surface area contributed by atoms with Crippen molar-refractivity contribution < 1.29 is 9.18 Å². The van der Waals surface area contributed by atoms with Crippen LogP contribution in [0.4, 0.5) is 4.39 Å². The molecular weight excluding hydrogens is 532 g/mol. The zero-order valence-corrected chi connectivity index (χ0v) is 21.8. The Morgan fingerprint density at radius 3 is 2.70 bits per heavy atom. The number of carbonyl (C=O) groups is 1. The summed E-state index contributed by atoms with van der Waals surface area (Å²) in [6.07, 6.45) is 1.89. The first-order valence-corrected chi connectivity index (χ1v) is 11.3. The molecule has 0 radical (unpaired) electrons. The van der Waals surface area contributed by atoms with Gasteiger partial charge >= 0.3 is 0 Å². The maximum absolute atomic E-state index is 13.5. The number of piperidine rings is 1. The van der Waals surface area contributed by atoms with Gasteiger partial charge in [-0.05, 0) is 61.6 Å². The third kappa shape index (κ3) is 8.58. The zero-order chi connectivity index (χ0) is 22.9. The molecular formula is C25H35FIN5O. The van der Waals surface area contributed by atoms with Crippen LogP contribution in [0.25, 0.3) is 0 Å². The van der Waals surface area contributed by atoms with Gasteiger partial charge in [0.1, 0.15) is 5.82 Å². The summed E-state index contributed by atoms with van der Waals surface area (Å²) < 4.78 is 13.5. The number of nitrogens with two attached hydrogens (primary N) is 1. The monoisotopic (exact) mass is 567 g/mol. The number of amides is 1. The van der Waals surface area contributed by atoms with Gasteiger partial charge in [-0.1, -0.05) is 36.4 Å². The number of primary amides is 1. The summed E-state index contributed by atoms with van der Waals surface area (Å²) in [6, 6.07) is 13.5. The molecule has 1 atom stereocenters. The molecule has 1 saturated heterocycles. The van der Waals surface area contributed by atoms with E-state index < -0.39 is 0 Å². The maximum atomic E-state index is 13.5. The number of aliphatic imine (C=N–C) groups is 1. The van der Waals surface area contributed by atoms with Gasteiger partial charge in [-0.3, -0.25) is 9.69 Å². The second kappa shape index (κ2) is 13.5. The highest BCUT2D eigenvalue weighted by Gasteiger charge is 2.23. The number of hydrogen-bond donors (Lipinski definition) is 3. The largest absolute Gasteiger partial charge is 0.369 e. The van der Waals surface area contributed by atoms with Crippen LogP contribution in [0.5, 0.6) is 0 Å². The highest BCUT2D eigenvalue weighted by atomic mass is 127. The summed E-state index contributed by atoms with van der Waals surface area (Å²) in [5, 5.41) is 6.57. The smallest absolute Gasteiger partial charge is 0.221 e. The maximum Gasteiger partial charge on any atom is 0.221 e. The first-order chi connectivity index (χ1) is 15.4. The van der Waals surface area contributed by atoms with Gasteiger partial charge in [-0.25, -0.2) is 9.38 Å². The lowest BCUT2D eigenvalue weighted by Crippen LogP contribution is -2.40. The van der Waals surface area contributed by atoms with Crippen molar-refractivity contribution in [3.05, 3.63) is 70.5 Å². The average Bonchev–Trinajstić information content (AvgIpc) is 2.78. The number of nitrogens with one attached hydrogen (secondary N) is 2. The molecule has 2 aromatic rings. The SMILES string of the molecule is CCNC(=NCc1cccc(CN2CCCC(C(N)=O)C2)c1)NCc1ccc(F)c(C)c1.I. The van der Waals surface area contributed by atoms with Crippen molar-refractivity contribution in [2.45, 2.75) is 46.3 Å². The number of likely N-dealkylation sites (tertiary alicyclic amines) is 1. The molecule has 2 aromatic carbocycles. The molecule has 1 unspecified atom stereocenters. The van der Waals surface area contributed by atoms with Crippen molar-refractivity contribution in [2.24, 2.45) is 16.6 Å². The van der Waals surface area contributed by atoms with Gasteiger partial charge in [-0.2, -0.15) is 0 Å². The number of rotatable bonds is 8. The predicted octanol–water partition coefficient (Wildman–Crippen LogP) is 3.70. The van der Waals surface area contributed by atoms with Gasteiger partial charge in [0.15, 0.2) is 5.96 Å². The molecule has 6 nitrogen and oxygen atoms in total. The van der Waals surface area contributed by atoms with E-state index in [1.807, 2.05) is 13.0 Å². The Hall–Kier alpha value is -2.20. The summed E-state index contributed by atoms with van der Waals surface area (Å²) in [4.78, 5) is 18.5. The molecule has 3 rings (SSSR count). The molecule has 33 heavy (non-hydrogen) atoms. The minimum atomic E-state index is -0.197. The molecule has 1 fully saturated rings. The van der Waals surface area contributed by atoms with E-state index in [1.165, 1.54) is 11.6 Å². The number of nitrogens with zero attached hydrogens (tertiary/aromatic N) is 2. The standard InChI is InChI=1S/C25H34FN5O.HI/c1-3-28-25(30-15-20-9-10-23(26)18(2)12-20)29-14-19-6-4-7-21(13-19)16-31-11-5-8-22(17-31)24(27)32;/h4,6-7,9-10,12-13,22H,3,5,8,11,14-17H2,1-2H3,(H2,27,32)(H2,28,29,30);1H. The minimum absolute atomic E-state index is 0. The summed E-state index contributed by atoms with van der Waals surface area (Å²) in [5.74, 6) is 0.288. The van der Waals surface area contributed by atoms with Crippen molar-refractivity contribution in [1.29, 1.82) is 0 Å². The van der Waals surface area contributed by atoms with E-state index in [0.29, 0.717) is 18.7 Å². The van der Waals surface area contributed by atoms with Crippen molar-refractivity contribution >= 4 is 35.8 Å². The van der Waals surface area contributed by atoms with Crippen LogP contribution < -0.4 is 16.4 Å². The van der Waals surface area contributed by atoms with Crippen molar-refractivity contribution in [3.8, 4) is 0 Å². The van der Waals surface area contributed by atoms with Crippen molar-refractivity contribution in [3.63, 3.8) is 0 Å². The van der Waals surface area contributed by atoms with Gasteiger partial charge in [0.05, 0.1) is 12.5 Å². The van der Waals surface area contributed by atoms with Gasteiger partial charge in [0.2, 0.25) is 5.91 Å². The minimum Gasteiger partial charge on any atom is -0.369 e. The highest BCUT2D eigenvalue weighted by Crippen LogP contribution is 2.19. The van der Waals surface area contributed by atoms with Crippen LogP contribution in [0.2, 0.25) is 0 Å². The first kappa shape index (κ1) is 27.0. The van der Waals surface area contributed by atoms with Gasteiger partial charge < -0.3 is 16.4 Å². The van der Waals surface area contributed by atoms with Crippen LogP contribution >= 0.6 is 24.0 Å². The van der Waals surface area contributed by atoms with Crippen LogP contribution in [-0.4, -0.2) is 36.4 Å². The molecule has 1 aliphatic rings. The van der Waals surface area contributed by atoms with E-state index in [1.54, 1.807) is 13.0 Å². The number of benzene rings is 2. The summed E-state index contributed by atoms with van der Waals surface area (Å²) >= 11 is 0. The van der Waals surface area contributed by atoms with Crippen LogP contribution in [0, 0.1) is 18.7 Å². The lowest BCUT2D eigenvalue weighted by Gasteiger charge is -2.31. The van der Waals surface area contributed by atoms with Crippen molar-refractivity contribution in [2.75, 3.05) is 19.6 Å². The third-order valence-electron chi connectivity index (χ3n) is 5.75. The number of guanidine groups is 1. The summed E-state index contributed by atoms with van der Waals surface area (Å²) in [7, 11) is 0. The fourth-order valence-electron chi connectivity index (χ4n) is 4.03. The Bertz CT molecular complexity index is 952. The number of aryl methyl sites for hydroxylation is 1. The molecule has 0 spiro atoms. The second-order valence-electron chi connectivity index (χ2n) is 8.43. The highest BCUT2D eigenvalue weighted by molar-refractivity contribution is 14.0. The van der Waals surface area contributed by atoms with E-state index in [9.17, 15) is 9.18 Å². The van der Waals surface area contributed by atoms with E-state index in [2.05, 4.69) is 39.8 Å². The molecule has 8 heteroatoms. The van der Waals surface area contributed by atoms with Crippen LogP contribution in [0.1, 0.15) is 42.0 Å². The topological polar surface area (TPSA) is 82.8 Å². The van der Waals surface area contributed by atoms with E-state index in [4.69, 9.17) is 10.7 Å². The fourth-order valence-corrected chi connectivity index (χ4v) is 4.03. The van der Waals surface area contributed by atoms with E-state index in [-0.39, 0.29) is 41.6 Å². The lowest BCUT2D eigenvalue weighted by atomic mass is 9.97. The number of carbonyl (C=O) groups excluding carboxylic acids is 1. The molecule has 0 aromatic heterocycles. The molecule has 1 heterocycles. The average molecular weight is 567 g/mol. The molecule has 4 N–H and O–H groups in total. The second-order valence-corrected chi connectivity index (χ2v) is 8.43. The molecule has 0 aliphatic carbocycles. The Morgan fingerprint density at radius 1 is 1.18 bits per heavy atom. The lowest BCUT2D eigenvalue weighted by molar-refractivity contribution is -0.123. The number of hydrogen-bond acceptors (Lipinski definition) is 3. The van der Waals surface area contributed by atoms with Crippen molar-refractivity contribution in [1.82, 2.24) is 15.5 Å². The Morgan fingerprint density at radius 2 is 1.97 bits per heavy atom. The summed E-state index contributed by atoms with van der Waals surface area (Å²) in [5.41, 5.74) is 9.49. The molecule has 0 saturated carbocycles. The molecule has 180 valence electrons. The first-order valence-electron chi connectivity index (χ1n) is 11.3. The Kier molecular flexibility index (Phi) is 11.1. The van der Waals surface area contributed by atoms with Crippen LogP contribution in [0.3, 0.4) is 0 Å². The molecule has 0 bridgehead atoms. The fraction of sp³-hybridized carbons (Fsp3) is 0.440. The quantitative estimate of drug-likeness (QED) is 0.258. The van der Waals surface area contributed by atoms with E-state index in [0.717, 1.165) is 56.1 Å². The van der Waals surface area contributed by atoms with Crippen LogP contribution in [-0.2, 0) is 24.4 Å². The Balaban J connectivity index is 0.00000385. The predicted molar refractivity (Wildman–Crippen MR) is 142 cm³/mol. The molecule has 1 aliphatic heterocycles.